The van der Waals surface area contributed by atoms with Gasteiger partial charge < -0.3 is 4.74 Å². The molecule has 2 unspecified atom stereocenters. The summed E-state index contributed by atoms with van der Waals surface area (Å²) in [6.07, 6.45) is 3.72. The van der Waals surface area contributed by atoms with Gasteiger partial charge in [0.1, 0.15) is 11.7 Å². The van der Waals surface area contributed by atoms with Crippen LogP contribution >= 0.6 is 46.4 Å². The number of carbonyl (C=O) groups excluding carboxylic acids is 1. The third-order valence-corrected chi connectivity index (χ3v) is 4.29. The number of hydrogen-bond acceptors (Lipinski definition) is 2. The van der Waals surface area contributed by atoms with Gasteiger partial charge in [-0.05, 0) is 6.08 Å². The summed E-state index contributed by atoms with van der Waals surface area (Å²) < 4.78 is 1.84. The number of ketones is 1. The summed E-state index contributed by atoms with van der Waals surface area (Å²) in [7, 11) is 0. The molecule has 0 radical (unpaired) electrons. The van der Waals surface area contributed by atoms with Gasteiger partial charge in [0.25, 0.3) is 0 Å². The van der Waals surface area contributed by atoms with Crippen molar-refractivity contribution in [3.8, 4) is 0 Å². The van der Waals surface area contributed by atoms with Gasteiger partial charge in [-0.15, -0.1) is 0 Å². The van der Waals surface area contributed by atoms with Crippen molar-refractivity contribution in [2.24, 2.45) is 0 Å². The van der Waals surface area contributed by atoms with Gasteiger partial charge in [0.2, 0.25) is 14.4 Å². The van der Waals surface area contributed by atoms with Crippen LogP contribution in [0.25, 0.3) is 0 Å². The van der Waals surface area contributed by atoms with Crippen molar-refractivity contribution in [3.05, 3.63) is 24.8 Å². The van der Waals surface area contributed by atoms with Gasteiger partial charge in [-0.1, -0.05) is 65.1 Å². The SMILES string of the molecule is C=CC12C=CC(O1)C(Cl)(Cl)C(=O)C2(Cl)Cl. The molecule has 6 heteroatoms. The van der Waals surface area contributed by atoms with Crippen LogP contribution in [-0.4, -0.2) is 26.2 Å². The first-order valence-corrected chi connectivity index (χ1v) is 5.60. The number of Topliss-reactive ketones (excluding diaryl/α,β-unsaturated/α-hetero) is 1. The number of halogens is 4. The predicted molar refractivity (Wildman–Crippen MR) is 60.8 cm³/mol. The van der Waals surface area contributed by atoms with E-state index >= 15 is 0 Å². The summed E-state index contributed by atoms with van der Waals surface area (Å²) in [4.78, 5) is 11.9. The minimum Gasteiger partial charge on any atom is -0.352 e. The Morgan fingerprint density at radius 2 is 2.00 bits per heavy atom. The lowest BCUT2D eigenvalue weighted by atomic mass is 9.93. The van der Waals surface area contributed by atoms with Crippen molar-refractivity contribution in [3.63, 3.8) is 0 Å². The molecule has 0 aromatic rings. The fourth-order valence-electron chi connectivity index (χ4n) is 1.65. The van der Waals surface area contributed by atoms with E-state index in [1.54, 1.807) is 12.2 Å². The van der Waals surface area contributed by atoms with Crippen LogP contribution in [0.1, 0.15) is 0 Å². The van der Waals surface area contributed by atoms with Gasteiger partial charge in [-0.2, -0.15) is 0 Å². The molecule has 0 aromatic carbocycles. The molecule has 15 heavy (non-hydrogen) atoms. The highest BCUT2D eigenvalue weighted by atomic mass is 35.5. The molecule has 2 rings (SSSR count). The van der Waals surface area contributed by atoms with E-state index in [0.717, 1.165) is 0 Å². The van der Waals surface area contributed by atoms with Crippen molar-refractivity contribution in [2.75, 3.05) is 0 Å². The van der Waals surface area contributed by atoms with Crippen LogP contribution in [0.2, 0.25) is 0 Å². The second kappa shape index (κ2) is 3.14. The van der Waals surface area contributed by atoms with E-state index in [1.165, 1.54) is 6.08 Å². The molecule has 2 aliphatic rings. The summed E-state index contributed by atoms with van der Waals surface area (Å²) in [6, 6.07) is 0. The van der Waals surface area contributed by atoms with Gasteiger partial charge in [0.05, 0.1) is 0 Å². The van der Waals surface area contributed by atoms with E-state index in [4.69, 9.17) is 51.1 Å². The van der Waals surface area contributed by atoms with E-state index in [0.29, 0.717) is 0 Å². The molecule has 0 amide bonds. The van der Waals surface area contributed by atoms with E-state index in [2.05, 4.69) is 6.58 Å². The second-order valence-corrected chi connectivity index (χ2v) is 6.13. The lowest BCUT2D eigenvalue weighted by Crippen LogP contribution is -2.62. The largest absolute Gasteiger partial charge is 0.352 e. The van der Waals surface area contributed by atoms with Crippen LogP contribution in [-0.2, 0) is 9.53 Å². The smallest absolute Gasteiger partial charge is 0.214 e. The zero-order valence-corrected chi connectivity index (χ0v) is 10.4. The summed E-state index contributed by atoms with van der Waals surface area (Å²) in [5.74, 6) is -0.692. The summed E-state index contributed by atoms with van der Waals surface area (Å²) in [5, 5.41) is 0. The van der Waals surface area contributed by atoms with Crippen molar-refractivity contribution < 1.29 is 9.53 Å². The van der Waals surface area contributed by atoms with Gasteiger partial charge >= 0.3 is 0 Å². The Hall–Kier alpha value is 0.270. The maximum Gasteiger partial charge on any atom is 0.214 e. The molecule has 2 heterocycles. The number of rotatable bonds is 1. The van der Waals surface area contributed by atoms with Crippen LogP contribution in [0.5, 0.6) is 0 Å². The molecule has 0 saturated carbocycles. The predicted octanol–water partition coefficient (Wildman–Crippen LogP) is 2.80. The van der Waals surface area contributed by atoms with Crippen molar-refractivity contribution in [1.82, 2.24) is 0 Å². The van der Waals surface area contributed by atoms with E-state index in [-0.39, 0.29) is 0 Å². The van der Waals surface area contributed by atoms with E-state index in [1.807, 2.05) is 0 Å². The molecule has 0 aliphatic carbocycles. The van der Waals surface area contributed by atoms with Crippen LogP contribution in [0.3, 0.4) is 0 Å². The standard InChI is InChI=1S/C9H6Cl4O2/c1-2-7-4-3-5(15-7)8(10,11)6(14)9(7,12)13/h2-5H,1H2. The maximum atomic E-state index is 11.9. The quantitative estimate of drug-likeness (QED) is 0.548. The number of ether oxygens (including phenoxy) is 1. The van der Waals surface area contributed by atoms with E-state index in [9.17, 15) is 4.79 Å². The minimum atomic E-state index is -1.86. The van der Waals surface area contributed by atoms with Crippen LogP contribution < -0.4 is 0 Å². The zero-order valence-electron chi connectivity index (χ0n) is 7.34. The highest BCUT2D eigenvalue weighted by Crippen LogP contribution is 2.55. The third kappa shape index (κ3) is 1.26. The monoisotopic (exact) mass is 286 g/mol. The second-order valence-electron chi connectivity index (χ2n) is 3.42. The van der Waals surface area contributed by atoms with Crippen molar-refractivity contribution in [1.29, 1.82) is 0 Å². The average Bonchev–Trinajstić information content (AvgIpc) is 2.59. The highest BCUT2D eigenvalue weighted by Gasteiger charge is 2.68. The summed E-state index contributed by atoms with van der Waals surface area (Å²) >= 11 is 23.6. The summed E-state index contributed by atoms with van der Waals surface area (Å²) in [6.45, 7) is 3.55. The van der Waals surface area contributed by atoms with Gasteiger partial charge in [0, 0.05) is 0 Å². The van der Waals surface area contributed by atoms with Crippen LogP contribution in [0.15, 0.2) is 24.8 Å². The minimum absolute atomic E-state index is 0.692. The van der Waals surface area contributed by atoms with Crippen LogP contribution in [0.4, 0.5) is 0 Å². The van der Waals surface area contributed by atoms with Gasteiger partial charge in [0.15, 0.2) is 0 Å². The van der Waals surface area contributed by atoms with E-state index < -0.39 is 26.2 Å². The maximum absolute atomic E-state index is 11.9. The first-order chi connectivity index (χ1) is 6.78. The zero-order chi connectivity index (χ0) is 11.5. The molecule has 82 valence electrons. The molecule has 1 saturated heterocycles. The lowest BCUT2D eigenvalue weighted by molar-refractivity contribution is -0.136. The van der Waals surface area contributed by atoms with Crippen molar-refractivity contribution in [2.45, 2.75) is 20.4 Å². The Labute approximate surface area is 107 Å². The first-order valence-electron chi connectivity index (χ1n) is 4.09. The van der Waals surface area contributed by atoms with Gasteiger partial charge in [-0.3, -0.25) is 4.79 Å². The Kier molecular flexibility index (Phi) is 2.46. The lowest BCUT2D eigenvalue weighted by Gasteiger charge is -2.44. The number of alkyl halides is 4. The number of hydrogen-bond donors (Lipinski definition) is 0. The average molecular weight is 288 g/mol. The molecule has 2 bridgehead atoms. The fraction of sp³-hybridized carbons (Fsp3) is 0.444. The Bertz CT molecular complexity index is 374. The summed E-state index contributed by atoms with van der Waals surface area (Å²) in [5.41, 5.74) is -1.24. The Morgan fingerprint density at radius 1 is 1.40 bits per heavy atom. The molecule has 2 nitrogen and oxygen atoms in total. The fourth-order valence-corrected chi connectivity index (χ4v) is 3.03. The third-order valence-electron chi connectivity index (χ3n) is 2.58. The van der Waals surface area contributed by atoms with Crippen LogP contribution in [0, 0.1) is 0 Å². The highest BCUT2D eigenvalue weighted by molar-refractivity contribution is 6.70. The van der Waals surface area contributed by atoms with Crippen molar-refractivity contribution >= 4 is 52.2 Å². The molecule has 2 aliphatic heterocycles. The first kappa shape index (κ1) is 11.7. The number of carbonyl (C=O) groups is 1. The Balaban J connectivity index is 2.59. The van der Waals surface area contributed by atoms with Gasteiger partial charge in [-0.25, -0.2) is 0 Å². The molecular formula is C9H6Cl4O2. The topological polar surface area (TPSA) is 26.3 Å². The normalized spacial score (nSPS) is 40.5. The molecular weight excluding hydrogens is 282 g/mol. The molecule has 0 N–H and O–H groups in total. The molecule has 0 spiro atoms. The number of fused-ring (bicyclic) bond motifs is 2. The molecule has 2 atom stereocenters. The molecule has 0 aromatic heterocycles. The molecule has 1 fully saturated rings. The Morgan fingerprint density at radius 3 is 2.53 bits per heavy atom.